The number of nitrogens with zero attached hydrogens (tertiary/aromatic N) is 1. The highest BCUT2D eigenvalue weighted by Gasteiger charge is 2.40. The van der Waals surface area contributed by atoms with Gasteiger partial charge in [0, 0.05) is 24.5 Å². The van der Waals surface area contributed by atoms with Crippen LogP contribution in [0.3, 0.4) is 0 Å². The highest BCUT2D eigenvalue weighted by atomic mass is 32.2. The summed E-state index contributed by atoms with van der Waals surface area (Å²) in [6.45, 7) is 1.28. The smallest absolute Gasteiger partial charge is 0.236 e. The topological polar surface area (TPSA) is 63.4 Å². The van der Waals surface area contributed by atoms with Gasteiger partial charge in [-0.25, -0.2) is 8.42 Å². The quantitative estimate of drug-likeness (QED) is 0.929. The SMILES string of the molecule is NC1CC[C@@H]2CN(S(=O)(=O)/C=C/c3ccccc3)C[C@@H]2C1. The molecule has 21 heavy (non-hydrogen) atoms. The van der Waals surface area contributed by atoms with Crippen molar-refractivity contribution >= 4 is 16.1 Å². The van der Waals surface area contributed by atoms with Crippen LogP contribution in [0.2, 0.25) is 0 Å². The van der Waals surface area contributed by atoms with Crippen LogP contribution in [0.5, 0.6) is 0 Å². The van der Waals surface area contributed by atoms with Crippen molar-refractivity contribution in [1.82, 2.24) is 4.31 Å². The van der Waals surface area contributed by atoms with Gasteiger partial charge in [0.25, 0.3) is 0 Å². The number of benzene rings is 1. The van der Waals surface area contributed by atoms with E-state index >= 15 is 0 Å². The highest BCUT2D eigenvalue weighted by molar-refractivity contribution is 7.92. The van der Waals surface area contributed by atoms with E-state index < -0.39 is 10.0 Å². The van der Waals surface area contributed by atoms with E-state index in [1.165, 1.54) is 5.41 Å². The van der Waals surface area contributed by atoms with Gasteiger partial charge in [0.15, 0.2) is 0 Å². The maximum absolute atomic E-state index is 12.4. The molecule has 2 aliphatic rings. The van der Waals surface area contributed by atoms with E-state index in [-0.39, 0.29) is 6.04 Å². The minimum atomic E-state index is -3.32. The Morgan fingerprint density at radius 2 is 1.81 bits per heavy atom. The van der Waals surface area contributed by atoms with Crippen LogP contribution in [0.1, 0.15) is 24.8 Å². The van der Waals surface area contributed by atoms with Gasteiger partial charge in [-0.1, -0.05) is 30.3 Å². The van der Waals surface area contributed by atoms with E-state index in [2.05, 4.69) is 0 Å². The Morgan fingerprint density at radius 1 is 1.10 bits per heavy atom. The fourth-order valence-corrected chi connectivity index (χ4v) is 4.75. The van der Waals surface area contributed by atoms with Crippen LogP contribution in [0, 0.1) is 11.8 Å². The summed E-state index contributed by atoms with van der Waals surface area (Å²) in [5, 5.41) is 1.33. The molecule has 3 rings (SSSR count). The monoisotopic (exact) mass is 306 g/mol. The van der Waals surface area contributed by atoms with Crippen LogP contribution in [-0.4, -0.2) is 31.9 Å². The number of rotatable bonds is 3. The second-order valence-corrected chi connectivity index (χ2v) is 7.99. The molecule has 1 saturated heterocycles. The van der Waals surface area contributed by atoms with Crippen molar-refractivity contribution in [1.29, 1.82) is 0 Å². The number of sulfonamides is 1. The molecule has 0 spiro atoms. The Kier molecular flexibility index (Phi) is 4.15. The summed E-state index contributed by atoms with van der Waals surface area (Å²) in [5.74, 6) is 0.929. The van der Waals surface area contributed by atoms with Crippen LogP contribution in [-0.2, 0) is 10.0 Å². The predicted octanol–water partition coefficient (Wildman–Crippen LogP) is 2.05. The average molecular weight is 306 g/mol. The zero-order chi connectivity index (χ0) is 14.9. The van der Waals surface area contributed by atoms with Crippen molar-refractivity contribution in [3.63, 3.8) is 0 Å². The van der Waals surface area contributed by atoms with Crippen molar-refractivity contribution in [2.45, 2.75) is 25.3 Å². The summed E-state index contributed by atoms with van der Waals surface area (Å²) in [6.07, 6.45) is 4.71. The number of hydrogen-bond acceptors (Lipinski definition) is 3. The molecular formula is C16H22N2O2S. The molecule has 0 radical (unpaired) electrons. The van der Waals surface area contributed by atoms with Crippen molar-refractivity contribution < 1.29 is 8.42 Å². The van der Waals surface area contributed by atoms with E-state index in [0.29, 0.717) is 24.9 Å². The molecule has 4 nitrogen and oxygen atoms in total. The van der Waals surface area contributed by atoms with Crippen LogP contribution in [0.25, 0.3) is 6.08 Å². The summed E-state index contributed by atoms with van der Waals surface area (Å²) < 4.78 is 26.5. The van der Waals surface area contributed by atoms with E-state index in [1.54, 1.807) is 10.4 Å². The lowest BCUT2D eigenvalue weighted by molar-refractivity contribution is 0.271. The first kappa shape index (κ1) is 14.8. The Balaban J connectivity index is 1.70. The van der Waals surface area contributed by atoms with Gasteiger partial charge in [0.1, 0.15) is 0 Å². The molecule has 1 aliphatic heterocycles. The van der Waals surface area contributed by atoms with Crippen molar-refractivity contribution in [3.8, 4) is 0 Å². The van der Waals surface area contributed by atoms with Crippen molar-refractivity contribution in [3.05, 3.63) is 41.3 Å². The summed E-state index contributed by atoms with van der Waals surface area (Å²) in [4.78, 5) is 0. The van der Waals surface area contributed by atoms with E-state index in [1.807, 2.05) is 30.3 Å². The molecule has 0 amide bonds. The molecule has 2 fully saturated rings. The third-order valence-corrected chi connectivity index (χ3v) is 6.15. The summed E-state index contributed by atoms with van der Waals surface area (Å²) in [5.41, 5.74) is 6.90. The molecule has 5 heteroatoms. The Labute approximate surface area is 126 Å². The van der Waals surface area contributed by atoms with E-state index in [0.717, 1.165) is 24.8 Å². The van der Waals surface area contributed by atoms with E-state index in [9.17, 15) is 8.42 Å². The van der Waals surface area contributed by atoms with Crippen molar-refractivity contribution in [2.75, 3.05) is 13.1 Å². The molecule has 1 aromatic carbocycles. The maximum Gasteiger partial charge on any atom is 0.236 e. The van der Waals surface area contributed by atoms with Gasteiger partial charge in [-0.3, -0.25) is 0 Å². The van der Waals surface area contributed by atoms with Crippen molar-refractivity contribution in [2.24, 2.45) is 17.6 Å². The number of fused-ring (bicyclic) bond motifs is 1. The van der Waals surface area contributed by atoms with Crippen LogP contribution in [0.4, 0.5) is 0 Å². The Hall–Kier alpha value is -1.17. The number of hydrogen-bond donors (Lipinski definition) is 1. The van der Waals surface area contributed by atoms with Crippen LogP contribution < -0.4 is 5.73 Å². The lowest BCUT2D eigenvalue weighted by Gasteiger charge is -2.28. The molecule has 1 saturated carbocycles. The van der Waals surface area contributed by atoms with Gasteiger partial charge >= 0.3 is 0 Å². The zero-order valence-corrected chi connectivity index (χ0v) is 12.9. The van der Waals surface area contributed by atoms with Crippen LogP contribution >= 0.6 is 0 Å². The van der Waals surface area contributed by atoms with Gasteiger partial charge in [0.2, 0.25) is 10.0 Å². The minimum absolute atomic E-state index is 0.244. The summed E-state index contributed by atoms with van der Waals surface area (Å²) in [6, 6.07) is 9.76. The largest absolute Gasteiger partial charge is 0.328 e. The first-order chi connectivity index (χ1) is 10.0. The summed E-state index contributed by atoms with van der Waals surface area (Å²) >= 11 is 0. The first-order valence-corrected chi connectivity index (χ1v) is 9.04. The lowest BCUT2D eigenvalue weighted by atomic mass is 9.79. The second-order valence-electron chi connectivity index (χ2n) is 6.17. The Morgan fingerprint density at radius 3 is 2.57 bits per heavy atom. The molecule has 2 N–H and O–H groups in total. The molecule has 0 bridgehead atoms. The van der Waals surface area contributed by atoms with Crippen LogP contribution in [0.15, 0.2) is 35.7 Å². The third kappa shape index (κ3) is 3.36. The predicted molar refractivity (Wildman–Crippen MR) is 84.8 cm³/mol. The normalized spacial score (nSPS) is 30.6. The Bertz CT molecular complexity index is 612. The fraction of sp³-hybridized carbons (Fsp3) is 0.500. The number of nitrogens with two attached hydrogens (primary N) is 1. The highest BCUT2D eigenvalue weighted by Crippen LogP contribution is 2.37. The molecular weight excluding hydrogens is 284 g/mol. The van der Waals surface area contributed by atoms with Gasteiger partial charge in [-0.15, -0.1) is 0 Å². The molecule has 0 aromatic heterocycles. The third-order valence-electron chi connectivity index (χ3n) is 4.65. The zero-order valence-electron chi connectivity index (χ0n) is 12.1. The summed E-state index contributed by atoms with van der Waals surface area (Å²) in [7, 11) is -3.32. The van der Waals surface area contributed by atoms with Gasteiger partial charge in [-0.05, 0) is 42.7 Å². The van der Waals surface area contributed by atoms with Gasteiger partial charge in [0.05, 0.1) is 0 Å². The minimum Gasteiger partial charge on any atom is -0.328 e. The fourth-order valence-electron chi connectivity index (χ4n) is 3.45. The first-order valence-electron chi connectivity index (χ1n) is 7.53. The van der Waals surface area contributed by atoms with Gasteiger partial charge in [-0.2, -0.15) is 4.31 Å². The molecule has 1 aliphatic carbocycles. The molecule has 1 aromatic rings. The standard InChI is InChI=1S/C16H22N2O2S/c17-16-7-6-14-11-18(12-15(14)10-16)21(19,20)9-8-13-4-2-1-3-5-13/h1-5,8-9,14-16H,6-7,10-12,17H2/b9-8+/t14-,15+,16?/m1/s1. The molecule has 3 atom stereocenters. The molecule has 1 heterocycles. The lowest BCUT2D eigenvalue weighted by Crippen LogP contribution is -2.32. The maximum atomic E-state index is 12.4. The van der Waals surface area contributed by atoms with E-state index in [4.69, 9.17) is 5.73 Å². The second kappa shape index (κ2) is 5.91. The molecule has 114 valence electrons. The average Bonchev–Trinajstić information content (AvgIpc) is 2.90. The molecule has 1 unspecified atom stereocenters. The van der Waals surface area contributed by atoms with Gasteiger partial charge < -0.3 is 5.73 Å².